The highest BCUT2D eigenvalue weighted by molar-refractivity contribution is 7.92. The van der Waals surface area contributed by atoms with Crippen LogP contribution < -0.4 is 9.62 Å². The van der Waals surface area contributed by atoms with Crippen LogP contribution in [0.25, 0.3) is 0 Å². The summed E-state index contributed by atoms with van der Waals surface area (Å²) in [6, 6.07) is 16.7. The molecule has 0 spiro atoms. The summed E-state index contributed by atoms with van der Waals surface area (Å²) >= 11 is 18.7. The highest BCUT2D eigenvalue weighted by Gasteiger charge is 2.34. The lowest BCUT2D eigenvalue weighted by molar-refractivity contribution is -0.140. The van der Waals surface area contributed by atoms with E-state index >= 15 is 0 Å². The van der Waals surface area contributed by atoms with Gasteiger partial charge in [0, 0.05) is 17.6 Å². The molecule has 7 nitrogen and oxygen atoms in total. The topological polar surface area (TPSA) is 86.8 Å². The van der Waals surface area contributed by atoms with Gasteiger partial charge in [0.05, 0.1) is 20.6 Å². The minimum absolute atomic E-state index is 0.00983. The molecule has 220 valence electrons. The third-order valence-electron chi connectivity index (χ3n) is 6.84. The molecule has 11 heteroatoms. The summed E-state index contributed by atoms with van der Waals surface area (Å²) in [6.07, 6.45) is 1.01. The summed E-state index contributed by atoms with van der Waals surface area (Å²) in [5, 5.41) is 3.96. The predicted molar refractivity (Wildman–Crippen MR) is 166 cm³/mol. The molecule has 3 rings (SSSR count). The van der Waals surface area contributed by atoms with E-state index in [4.69, 9.17) is 34.8 Å². The standard InChI is InChI=1S/C30H34Cl3N3O4S/c1-5-20(3)34-30(38)27(6-2)35(18-22-15-16-25(32)26(33)17-22)29(37)19-36(28-14-10-13-24(31)21(28)4)41(39,40)23-11-8-7-9-12-23/h7-17,20,27H,5-6,18-19H2,1-4H3,(H,34,38)/t20-,27+/m1/s1. The van der Waals surface area contributed by atoms with Gasteiger partial charge in [0.1, 0.15) is 12.6 Å². The zero-order valence-electron chi connectivity index (χ0n) is 23.4. The molecule has 0 aromatic heterocycles. The normalized spacial score (nSPS) is 12.9. The Morgan fingerprint density at radius 2 is 1.56 bits per heavy atom. The number of sulfonamides is 1. The van der Waals surface area contributed by atoms with Gasteiger partial charge in [-0.25, -0.2) is 8.42 Å². The molecule has 41 heavy (non-hydrogen) atoms. The maximum atomic E-state index is 14.2. The van der Waals surface area contributed by atoms with E-state index in [1.165, 1.54) is 17.0 Å². The van der Waals surface area contributed by atoms with Crippen LogP contribution in [0.1, 0.15) is 44.7 Å². The Kier molecular flexibility index (Phi) is 11.5. The van der Waals surface area contributed by atoms with E-state index in [0.717, 1.165) is 4.31 Å². The Hall–Kier alpha value is -2.78. The fourth-order valence-corrected chi connectivity index (χ4v) is 6.28. The molecule has 1 N–H and O–H groups in total. The van der Waals surface area contributed by atoms with Crippen LogP contribution in [-0.2, 0) is 26.2 Å². The van der Waals surface area contributed by atoms with E-state index in [2.05, 4.69) is 5.32 Å². The summed E-state index contributed by atoms with van der Waals surface area (Å²) in [7, 11) is -4.19. The molecule has 0 fully saturated rings. The third-order valence-corrected chi connectivity index (χ3v) is 9.76. The third kappa shape index (κ3) is 7.95. The average molecular weight is 639 g/mol. The Morgan fingerprint density at radius 3 is 2.17 bits per heavy atom. The molecule has 0 saturated carbocycles. The van der Waals surface area contributed by atoms with Crippen molar-refractivity contribution in [2.75, 3.05) is 10.8 Å². The van der Waals surface area contributed by atoms with Crippen molar-refractivity contribution in [3.05, 3.63) is 92.9 Å². The second-order valence-electron chi connectivity index (χ2n) is 9.72. The monoisotopic (exact) mass is 637 g/mol. The summed E-state index contributed by atoms with van der Waals surface area (Å²) < 4.78 is 29.0. The second kappa shape index (κ2) is 14.4. The second-order valence-corrected chi connectivity index (χ2v) is 12.8. The number of hydrogen-bond donors (Lipinski definition) is 1. The lowest BCUT2D eigenvalue weighted by Crippen LogP contribution is -2.53. The fraction of sp³-hybridized carbons (Fsp3) is 0.333. The quantitative estimate of drug-likeness (QED) is 0.235. The Labute approximate surface area is 257 Å². The number of anilines is 1. The number of rotatable bonds is 12. The maximum absolute atomic E-state index is 14.2. The van der Waals surface area contributed by atoms with Crippen molar-refractivity contribution >= 4 is 62.3 Å². The van der Waals surface area contributed by atoms with Gasteiger partial charge in [-0.3, -0.25) is 13.9 Å². The first kappa shape index (κ1) is 32.7. The number of halogens is 3. The molecule has 0 unspecified atom stereocenters. The van der Waals surface area contributed by atoms with Crippen molar-refractivity contribution in [2.45, 2.75) is 64.1 Å². The molecule has 0 aliphatic heterocycles. The minimum Gasteiger partial charge on any atom is -0.352 e. The molecule has 0 heterocycles. The van der Waals surface area contributed by atoms with Crippen LogP contribution in [0.5, 0.6) is 0 Å². The highest BCUT2D eigenvalue weighted by Crippen LogP contribution is 2.31. The van der Waals surface area contributed by atoms with E-state index < -0.39 is 28.5 Å². The molecular formula is C30H34Cl3N3O4S. The molecule has 2 atom stereocenters. The van der Waals surface area contributed by atoms with Gasteiger partial charge in [-0.2, -0.15) is 0 Å². The van der Waals surface area contributed by atoms with Gasteiger partial charge in [-0.1, -0.05) is 79.0 Å². The molecule has 2 amide bonds. The first-order valence-corrected chi connectivity index (χ1v) is 15.8. The minimum atomic E-state index is -4.19. The molecule has 0 aliphatic rings. The van der Waals surface area contributed by atoms with Gasteiger partial charge in [0.25, 0.3) is 10.0 Å². The van der Waals surface area contributed by atoms with Gasteiger partial charge in [0.2, 0.25) is 11.8 Å². The molecule has 0 saturated heterocycles. The molecule has 0 bridgehead atoms. The van der Waals surface area contributed by atoms with Crippen molar-refractivity contribution in [2.24, 2.45) is 0 Å². The van der Waals surface area contributed by atoms with Gasteiger partial charge in [-0.15, -0.1) is 0 Å². The summed E-state index contributed by atoms with van der Waals surface area (Å²) in [5.41, 5.74) is 1.40. The lowest BCUT2D eigenvalue weighted by atomic mass is 10.1. The van der Waals surface area contributed by atoms with Crippen LogP contribution >= 0.6 is 34.8 Å². The average Bonchev–Trinajstić information content (AvgIpc) is 2.95. The van der Waals surface area contributed by atoms with E-state index in [0.29, 0.717) is 39.0 Å². The van der Waals surface area contributed by atoms with E-state index in [1.807, 2.05) is 13.8 Å². The maximum Gasteiger partial charge on any atom is 0.264 e. The Bertz CT molecular complexity index is 1490. The number of hydrogen-bond acceptors (Lipinski definition) is 4. The fourth-order valence-electron chi connectivity index (χ4n) is 4.29. The van der Waals surface area contributed by atoms with Crippen LogP contribution in [0.4, 0.5) is 5.69 Å². The lowest BCUT2D eigenvalue weighted by Gasteiger charge is -2.34. The van der Waals surface area contributed by atoms with Gasteiger partial charge >= 0.3 is 0 Å². The van der Waals surface area contributed by atoms with Gasteiger partial charge in [-0.05, 0) is 74.2 Å². The first-order chi connectivity index (χ1) is 19.4. The number of nitrogens with one attached hydrogen (secondary N) is 1. The zero-order valence-corrected chi connectivity index (χ0v) is 26.5. The van der Waals surface area contributed by atoms with Crippen LogP contribution in [0.15, 0.2) is 71.6 Å². The SMILES string of the molecule is CC[C@@H](C)NC(=O)[C@H](CC)N(Cc1ccc(Cl)c(Cl)c1)C(=O)CN(c1cccc(Cl)c1C)S(=O)(=O)c1ccccc1. The molecule has 0 radical (unpaired) electrons. The Morgan fingerprint density at radius 1 is 0.878 bits per heavy atom. The van der Waals surface area contributed by atoms with Crippen LogP contribution in [0, 0.1) is 6.92 Å². The van der Waals surface area contributed by atoms with E-state index in [9.17, 15) is 18.0 Å². The molecule has 3 aromatic rings. The highest BCUT2D eigenvalue weighted by atomic mass is 35.5. The smallest absolute Gasteiger partial charge is 0.264 e. The number of benzene rings is 3. The molecule has 0 aliphatic carbocycles. The van der Waals surface area contributed by atoms with Crippen molar-refractivity contribution in [1.29, 1.82) is 0 Å². The largest absolute Gasteiger partial charge is 0.352 e. The number of carbonyl (C=O) groups excluding carboxylic acids is 2. The first-order valence-electron chi connectivity index (χ1n) is 13.3. The van der Waals surface area contributed by atoms with Crippen LogP contribution in [0.2, 0.25) is 15.1 Å². The summed E-state index contributed by atoms with van der Waals surface area (Å²) in [5.74, 6) is -0.896. The number of nitrogens with zero attached hydrogens (tertiary/aromatic N) is 2. The van der Waals surface area contributed by atoms with Crippen molar-refractivity contribution in [3.8, 4) is 0 Å². The van der Waals surface area contributed by atoms with E-state index in [-0.39, 0.29) is 29.1 Å². The van der Waals surface area contributed by atoms with Crippen LogP contribution in [-0.4, -0.2) is 43.8 Å². The zero-order chi connectivity index (χ0) is 30.3. The summed E-state index contributed by atoms with van der Waals surface area (Å²) in [6.45, 7) is 6.77. The predicted octanol–water partition coefficient (Wildman–Crippen LogP) is 6.87. The van der Waals surface area contributed by atoms with Gasteiger partial charge in [0.15, 0.2) is 0 Å². The molecule has 3 aromatic carbocycles. The van der Waals surface area contributed by atoms with E-state index in [1.54, 1.807) is 68.4 Å². The Balaban J connectivity index is 2.11. The van der Waals surface area contributed by atoms with Crippen molar-refractivity contribution in [3.63, 3.8) is 0 Å². The van der Waals surface area contributed by atoms with Gasteiger partial charge < -0.3 is 10.2 Å². The van der Waals surface area contributed by atoms with Crippen molar-refractivity contribution in [1.82, 2.24) is 10.2 Å². The van der Waals surface area contributed by atoms with Crippen LogP contribution in [0.3, 0.4) is 0 Å². The molecular weight excluding hydrogens is 605 g/mol. The number of carbonyl (C=O) groups is 2. The summed E-state index contributed by atoms with van der Waals surface area (Å²) in [4.78, 5) is 28.9. The van der Waals surface area contributed by atoms with Crippen molar-refractivity contribution < 1.29 is 18.0 Å². The number of amides is 2.